The van der Waals surface area contributed by atoms with Gasteiger partial charge in [0.2, 0.25) is 0 Å². The van der Waals surface area contributed by atoms with Crippen molar-refractivity contribution in [1.29, 1.82) is 0 Å². The van der Waals surface area contributed by atoms with Crippen LogP contribution in [0.15, 0.2) is 34.9 Å². The Bertz CT molecular complexity index is 712. The van der Waals surface area contributed by atoms with E-state index in [0.717, 1.165) is 28.6 Å². The number of carboxylic acid groups (broad SMARTS) is 1. The van der Waals surface area contributed by atoms with Crippen molar-refractivity contribution in [2.24, 2.45) is 0 Å². The fraction of sp³-hybridized carbons (Fsp3) is 0.375. The fourth-order valence-electron chi connectivity index (χ4n) is 2.94. The molecule has 0 bridgehead atoms. The standard InChI is InChI=1S/C16H15BrN2O2/c17-13-9-18-19(14(13)10-1-2-10)12-5-3-11(4-6-12)16(7-8-16)15(20)21/h3-6,9-10H,1-2,7-8H2,(H,20,21). The van der Waals surface area contributed by atoms with E-state index in [2.05, 4.69) is 21.0 Å². The zero-order valence-electron chi connectivity index (χ0n) is 11.4. The first-order valence-corrected chi connectivity index (χ1v) is 7.99. The molecule has 1 aromatic heterocycles. The van der Waals surface area contributed by atoms with Crippen LogP contribution in [0, 0.1) is 0 Å². The van der Waals surface area contributed by atoms with Crippen LogP contribution in [0.2, 0.25) is 0 Å². The lowest BCUT2D eigenvalue weighted by Crippen LogP contribution is -2.19. The number of carboxylic acids is 1. The van der Waals surface area contributed by atoms with E-state index in [0.29, 0.717) is 5.92 Å². The van der Waals surface area contributed by atoms with Crippen molar-refractivity contribution < 1.29 is 9.90 Å². The van der Waals surface area contributed by atoms with Crippen molar-refractivity contribution >= 4 is 21.9 Å². The maximum Gasteiger partial charge on any atom is 0.314 e. The van der Waals surface area contributed by atoms with Gasteiger partial charge in [0, 0.05) is 5.92 Å². The summed E-state index contributed by atoms with van der Waals surface area (Å²) in [4.78, 5) is 11.4. The molecular formula is C16H15BrN2O2. The number of rotatable bonds is 4. The Morgan fingerprint density at radius 3 is 2.48 bits per heavy atom. The van der Waals surface area contributed by atoms with E-state index in [9.17, 15) is 9.90 Å². The van der Waals surface area contributed by atoms with E-state index < -0.39 is 11.4 Å². The highest BCUT2D eigenvalue weighted by Crippen LogP contribution is 2.48. The molecule has 2 aliphatic rings. The van der Waals surface area contributed by atoms with E-state index >= 15 is 0 Å². The first-order valence-electron chi connectivity index (χ1n) is 7.19. The normalized spacial score (nSPS) is 19.5. The molecule has 5 heteroatoms. The Balaban J connectivity index is 1.70. The van der Waals surface area contributed by atoms with Crippen LogP contribution in [-0.2, 0) is 10.2 Å². The summed E-state index contributed by atoms with van der Waals surface area (Å²) in [6.45, 7) is 0. The lowest BCUT2D eigenvalue weighted by molar-refractivity contribution is -0.140. The van der Waals surface area contributed by atoms with Gasteiger partial charge in [0.25, 0.3) is 0 Å². The van der Waals surface area contributed by atoms with Crippen molar-refractivity contribution in [3.05, 3.63) is 46.2 Å². The third-order valence-corrected chi connectivity index (χ3v) is 5.16. The summed E-state index contributed by atoms with van der Waals surface area (Å²) in [5.74, 6) is -0.119. The first kappa shape index (κ1) is 13.1. The van der Waals surface area contributed by atoms with E-state index in [4.69, 9.17) is 0 Å². The molecule has 2 aromatic rings. The second-order valence-electron chi connectivity index (χ2n) is 6.00. The Kier molecular flexibility index (Phi) is 2.76. The Hall–Kier alpha value is -1.62. The summed E-state index contributed by atoms with van der Waals surface area (Å²) in [7, 11) is 0. The van der Waals surface area contributed by atoms with Gasteiger partial charge in [-0.2, -0.15) is 5.10 Å². The topological polar surface area (TPSA) is 55.1 Å². The average Bonchev–Trinajstić information content (AvgIpc) is 3.38. The summed E-state index contributed by atoms with van der Waals surface area (Å²) >= 11 is 3.57. The number of hydrogen-bond acceptors (Lipinski definition) is 2. The van der Waals surface area contributed by atoms with Gasteiger partial charge >= 0.3 is 5.97 Å². The predicted octanol–water partition coefficient (Wildman–Crippen LogP) is 3.63. The molecule has 1 aromatic carbocycles. The summed E-state index contributed by atoms with van der Waals surface area (Å²) < 4.78 is 3.02. The maximum absolute atomic E-state index is 11.4. The molecule has 0 radical (unpaired) electrons. The summed E-state index contributed by atoms with van der Waals surface area (Å²) in [5.41, 5.74) is 2.48. The molecule has 0 saturated heterocycles. The molecule has 2 aliphatic carbocycles. The molecular weight excluding hydrogens is 332 g/mol. The molecule has 21 heavy (non-hydrogen) atoms. The lowest BCUT2D eigenvalue weighted by atomic mass is 9.96. The van der Waals surface area contributed by atoms with Crippen LogP contribution >= 0.6 is 15.9 Å². The molecule has 4 nitrogen and oxygen atoms in total. The van der Waals surface area contributed by atoms with Crippen LogP contribution in [0.4, 0.5) is 0 Å². The first-order chi connectivity index (χ1) is 10.1. The van der Waals surface area contributed by atoms with Gasteiger partial charge in [-0.25, -0.2) is 4.68 Å². The average molecular weight is 347 g/mol. The number of nitrogens with zero attached hydrogens (tertiary/aromatic N) is 2. The number of aromatic nitrogens is 2. The SMILES string of the molecule is O=C(O)C1(c2ccc(-n3ncc(Br)c3C3CC3)cc2)CC1. The van der Waals surface area contributed by atoms with Crippen LogP contribution < -0.4 is 0 Å². The highest BCUT2D eigenvalue weighted by molar-refractivity contribution is 9.10. The highest BCUT2D eigenvalue weighted by Gasteiger charge is 2.51. The molecule has 1 heterocycles. The Morgan fingerprint density at radius 2 is 1.95 bits per heavy atom. The lowest BCUT2D eigenvalue weighted by Gasteiger charge is -2.12. The second-order valence-corrected chi connectivity index (χ2v) is 6.85. The van der Waals surface area contributed by atoms with Gasteiger partial charge in [-0.15, -0.1) is 0 Å². The van der Waals surface area contributed by atoms with Crippen molar-refractivity contribution in [2.75, 3.05) is 0 Å². The minimum atomic E-state index is -0.712. The molecule has 0 spiro atoms. The van der Waals surface area contributed by atoms with Gasteiger partial charge < -0.3 is 5.11 Å². The minimum Gasteiger partial charge on any atom is -0.481 e. The summed E-state index contributed by atoms with van der Waals surface area (Å²) in [5, 5.41) is 13.8. The van der Waals surface area contributed by atoms with Crippen molar-refractivity contribution in [1.82, 2.24) is 9.78 Å². The Morgan fingerprint density at radius 1 is 1.29 bits per heavy atom. The summed E-state index contributed by atoms with van der Waals surface area (Å²) in [6.07, 6.45) is 5.74. The van der Waals surface area contributed by atoms with Crippen LogP contribution in [0.1, 0.15) is 42.9 Å². The molecule has 2 saturated carbocycles. The van der Waals surface area contributed by atoms with Crippen LogP contribution in [0.3, 0.4) is 0 Å². The van der Waals surface area contributed by atoms with Gasteiger partial charge in [0.15, 0.2) is 0 Å². The number of benzene rings is 1. The smallest absolute Gasteiger partial charge is 0.314 e. The third kappa shape index (κ3) is 2.02. The second kappa shape index (κ2) is 4.44. The highest BCUT2D eigenvalue weighted by atomic mass is 79.9. The fourth-order valence-corrected chi connectivity index (χ4v) is 3.52. The third-order valence-electron chi connectivity index (χ3n) is 4.55. The van der Waals surface area contributed by atoms with Gasteiger partial charge in [-0.3, -0.25) is 4.79 Å². The van der Waals surface area contributed by atoms with Gasteiger partial charge in [-0.05, 0) is 59.3 Å². The summed E-state index contributed by atoms with van der Waals surface area (Å²) in [6, 6.07) is 7.82. The van der Waals surface area contributed by atoms with E-state index in [1.54, 1.807) is 0 Å². The molecule has 0 amide bonds. The zero-order chi connectivity index (χ0) is 14.6. The maximum atomic E-state index is 11.4. The Labute approximate surface area is 130 Å². The van der Waals surface area contributed by atoms with Crippen LogP contribution in [-0.4, -0.2) is 20.9 Å². The van der Waals surface area contributed by atoms with E-state index in [1.807, 2.05) is 35.1 Å². The number of aliphatic carboxylic acids is 1. The molecule has 1 N–H and O–H groups in total. The van der Waals surface area contributed by atoms with Crippen molar-refractivity contribution in [3.63, 3.8) is 0 Å². The quantitative estimate of drug-likeness (QED) is 0.919. The van der Waals surface area contributed by atoms with Gasteiger partial charge in [0.1, 0.15) is 0 Å². The van der Waals surface area contributed by atoms with Crippen LogP contribution in [0.5, 0.6) is 0 Å². The van der Waals surface area contributed by atoms with Crippen LogP contribution in [0.25, 0.3) is 5.69 Å². The van der Waals surface area contributed by atoms with E-state index in [1.165, 1.54) is 18.5 Å². The monoisotopic (exact) mass is 346 g/mol. The molecule has 4 rings (SSSR count). The molecule has 0 atom stereocenters. The molecule has 108 valence electrons. The number of carbonyl (C=O) groups is 1. The molecule has 2 fully saturated rings. The molecule has 0 unspecified atom stereocenters. The number of hydrogen-bond donors (Lipinski definition) is 1. The van der Waals surface area contributed by atoms with Gasteiger partial charge in [0.05, 0.1) is 27.5 Å². The van der Waals surface area contributed by atoms with Gasteiger partial charge in [-0.1, -0.05) is 12.1 Å². The van der Waals surface area contributed by atoms with Crippen molar-refractivity contribution in [2.45, 2.75) is 37.0 Å². The minimum absolute atomic E-state index is 0.593. The largest absolute Gasteiger partial charge is 0.481 e. The van der Waals surface area contributed by atoms with E-state index in [-0.39, 0.29) is 0 Å². The zero-order valence-corrected chi connectivity index (χ0v) is 13.0. The van der Waals surface area contributed by atoms with Crippen molar-refractivity contribution in [3.8, 4) is 5.69 Å². The number of halogens is 1. The predicted molar refractivity (Wildman–Crippen MR) is 81.8 cm³/mol. The molecule has 0 aliphatic heterocycles.